The summed E-state index contributed by atoms with van der Waals surface area (Å²) in [7, 11) is 0. The van der Waals surface area contributed by atoms with E-state index in [2.05, 4.69) is 93.6 Å². The van der Waals surface area contributed by atoms with Crippen molar-refractivity contribution in [1.29, 1.82) is 0 Å². The largest absolute Gasteiger partial charge is 0.252 e. The van der Waals surface area contributed by atoms with Crippen LogP contribution >= 0.6 is 0 Å². The predicted octanol–water partition coefficient (Wildman–Crippen LogP) is 6.44. The summed E-state index contributed by atoms with van der Waals surface area (Å²) in [5, 5.41) is 0. The summed E-state index contributed by atoms with van der Waals surface area (Å²) in [5.41, 5.74) is 7.22. The quantitative estimate of drug-likeness (QED) is 0.416. The molecule has 2 heterocycles. The van der Waals surface area contributed by atoms with Gasteiger partial charge in [-0.25, -0.2) is 0 Å². The van der Waals surface area contributed by atoms with Crippen molar-refractivity contribution in [3.63, 3.8) is 0 Å². The number of hydrogen-bond acceptors (Lipinski definition) is 2. The van der Waals surface area contributed by atoms with E-state index in [1.807, 2.05) is 18.2 Å². The lowest BCUT2D eigenvalue weighted by Gasteiger charge is -2.25. The van der Waals surface area contributed by atoms with Crippen LogP contribution in [-0.2, 0) is 5.41 Å². The van der Waals surface area contributed by atoms with Crippen molar-refractivity contribution in [3.05, 3.63) is 108 Å². The van der Waals surface area contributed by atoms with Crippen LogP contribution in [-0.4, -0.2) is 9.97 Å². The first kappa shape index (κ1) is 18.1. The highest BCUT2D eigenvalue weighted by Crippen LogP contribution is 2.32. The van der Waals surface area contributed by atoms with E-state index in [9.17, 15) is 0 Å². The maximum Gasteiger partial charge on any atom is 0.0705 e. The smallest absolute Gasteiger partial charge is 0.0705 e. The SMILES string of the molecule is Cc1cccc(-c2cccc(C(C)(C)c3cccc(-c4ccccc4)n3)n2)c1. The summed E-state index contributed by atoms with van der Waals surface area (Å²) in [6.07, 6.45) is 0. The van der Waals surface area contributed by atoms with Crippen molar-refractivity contribution in [2.75, 3.05) is 0 Å². The fraction of sp³-hybridized carbons (Fsp3) is 0.154. The lowest BCUT2D eigenvalue weighted by molar-refractivity contribution is 0.597. The Balaban J connectivity index is 1.74. The zero-order valence-corrected chi connectivity index (χ0v) is 16.6. The number of aromatic nitrogens is 2. The number of nitrogens with zero attached hydrogens (tertiary/aromatic N) is 2. The zero-order chi connectivity index (χ0) is 19.6. The number of aryl methyl sites for hydroxylation is 1. The molecule has 4 aromatic rings. The molecule has 4 rings (SSSR count). The Hall–Kier alpha value is -3.26. The van der Waals surface area contributed by atoms with Crippen LogP contribution in [0.15, 0.2) is 91.0 Å². The Morgan fingerprint density at radius 3 is 1.71 bits per heavy atom. The van der Waals surface area contributed by atoms with Crippen LogP contribution < -0.4 is 0 Å². The van der Waals surface area contributed by atoms with Crippen molar-refractivity contribution < 1.29 is 0 Å². The van der Waals surface area contributed by atoms with E-state index in [4.69, 9.17) is 9.97 Å². The minimum absolute atomic E-state index is 0.301. The molecule has 0 aliphatic rings. The predicted molar refractivity (Wildman–Crippen MR) is 116 cm³/mol. The third kappa shape index (κ3) is 3.59. The van der Waals surface area contributed by atoms with Gasteiger partial charge < -0.3 is 0 Å². The van der Waals surface area contributed by atoms with E-state index < -0.39 is 0 Å². The topological polar surface area (TPSA) is 25.8 Å². The fourth-order valence-electron chi connectivity index (χ4n) is 3.43. The van der Waals surface area contributed by atoms with E-state index in [0.717, 1.165) is 33.9 Å². The van der Waals surface area contributed by atoms with Gasteiger partial charge in [0.2, 0.25) is 0 Å². The molecule has 2 nitrogen and oxygen atoms in total. The first-order valence-electron chi connectivity index (χ1n) is 9.61. The third-order valence-corrected chi connectivity index (χ3v) is 5.16. The molecular weight excluding hydrogens is 340 g/mol. The summed E-state index contributed by atoms with van der Waals surface area (Å²) >= 11 is 0. The Kier molecular flexibility index (Phi) is 4.79. The molecule has 0 atom stereocenters. The molecule has 0 fully saturated rings. The molecule has 28 heavy (non-hydrogen) atoms. The summed E-state index contributed by atoms with van der Waals surface area (Å²) < 4.78 is 0. The van der Waals surface area contributed by atoms with Crippen LogP contribution in [0.3, 0.4) is 0 Å². The summed E-state index contributed by atoms with van der Waals surface area (Å²) in [6.45, 7) is 6.48. The monoisotopic (exact) mass is 364 g/mol. The van der Waals surface area contributed by atoms with Gasteiger partial charge in [-0.2, -0.15) is 0 Å². The number of hydrogen-bond donors (Lipinski definition) is 0. The van der Waals surface area contributed by atoms with Gasteiger partial charge in [0.1, 0.15) is 0 Å². The Bertz CT molecular complexity index is 1100. The first-order chi connectivity index (χ1) is 13.5. The van der Waals surface area contributed by atoms with Gasteiger partial charge in [0.15, 0.2) is 0 Å². The van der Waals surface area contributed by atoms with Crippen LogP contribution in [0.25, 0.3) is 22.5 Å². The van der Waals surface area contributed by atoms with E-state index in [1.54, 1.807) is 0 Å². The van der Waals surface area contributed by atoms with Gasteiger partial charge >= 0.3 is 0 Å². The maximum absolute atomic E-state index is 4.99. The van der Waals surface area contributed by atoms with Crippen LogP contribution in [0, 0.1) is 6.92 Å². The average molecular weight is 364 g/mol. The first-order valence-corrected chi connectivity index (χ1v) is 9.61. The summed E-state index contributed by atoms with van der Waals surface area (Å²) in [6, 6.07) is 31.3. The minimum Gasteiger partial charge on any atom is -0.252 e. The standard InChI is InChI=1S/C26H24N2/c1-19-10-7-13-21(18-19)23-15-9-17-25(28-23)26(2,3)24-16-8-14-22(27-24)20-11-5-4-6-12-20/h4-18H,1-3H3. The van der Waals surface area contributed by atoms with Crippen molar-refractivity contribution >= 4 is 0 Å². The molecule has 0 unspecified atom stereocenters. The number of rotatable bonds is 4. The second-order valence-corrected chi connectivity index (χ2v) is 7.68. The molecule has 0 radical (unpaired) electrons. The number of benzene rings is 2. The molecule has 0 aliphatic heterocycles. The highest BCUT2D eigenvalue weighted by molar-refractivity contribution is 5.61. The van der Waals surface area contributed by atoms with Crippen molar-refractivity contribution in [3.8, 4) is 22.5 Å². The molecule has 138 valence electrons. The van der Waals surface area contributed by atoms with Gasteiger partial charge in [0.05, 0.1) is 22.8 Å². The van der Waals surface area contributed by atoms with E-state index >= 15 is 0 Å². The molecule has 2 aromatic carbocycles. The molecular formula is C26H24N2. The minimum atomic E-state index is -0.301. The average Bonchev–Trinajstić information content (AvgIpc) is 2.74. The van der Waals surface area contributed by atoms with Crippen LogP contribution in [0.2, 0.25) is 0 Å². The lowest BCUT2D eigenvalue weighted by Crippen LogP contribution is -2.22. The van der Waals surface area contributed by atoms with Crippen LogP contribution in [0.4, 0.5) is 0 Å². The van der Waals surface area contributed by atoms with E-state index in [0.29, 0.717) is 0 Å². The maximum atomic E-state index is 4.99. The lowest BCUT2D eigenvalue weighted by atomic mass is 9.84. The van der Waals surface area contributed by atoms with Crippen molar-refractivity contribution in [2.24, 2.45) is 0 Å². The Labute approximate surface area is 167 Å². The molecule has 0 saturated heterocycles. The summed E-state index contributed by atoms with van der Waals surface area (Å²) in [4.78, 5) is 9.96. The van der Waals surface area contributed by atoms with Gasteiger partial charge in [-0.1, -0.05) is 66.2 Å². The fourth-order valence-corrected chi connectivity index (χ4v) is 3.43. The molecule has 2 aromatic heterocycles. The Morgan fingerprint density at radius 1 is 0.571 bits per heavy atom. The molecule has 0 bridgehead atoms. The van der Waals surface area contributed by atoms with Gasteiger partial charge in [-0.15, -0.1) is 0 Å². The Morgan fingerprint density at radius 2 is 1.11 bits per heavy atom. The van der Waals surface area contributed by atoms with Crippen molar-refractivity contribution in [1.82, 2.24) is 9.97 Å². The van der Waals surface area contributed by atoms with Crippen LogP contribution in [0.5, 0.6) is 0 Å². The molecule has 0 spiro atoms. The third-order valence-electron chi connectivity index (χ3n) is 5.16. The van der Waals surface area contributed by atoms with E-state index in [1.165, 1.54) is 5.56 Å². The highest BCUT2D eigenvalue weighted by Gasteiger charge is 2.27. The normalized spacial score (nSPS) is 11.4. The summed E-state index contributed by atoms with van der Waals surface area (Å²) in [5.74, 6) is 0. The second kappa shape index (κ2) is 7.40. The van der Waals surface area contributed by atoms with Crippen molar-refractivity contribution in [2.45, 2.75) is 26.2 Å². The van der Waals surface area contributed by atoms with Crippen LogP contribution in [0.1, 0.15) is 30.8 Å². The molecule has 0 saturated carbocycles. The second-order valence-electron chi connectivity index (χ2n) is 7.68. The molecule has 0 aliphatic carbocycles. The van der Waals surface area contributed by atoms with E-state index in [-0.39, 0.29) is 5.41 Å². The van der Waals surface area contributed by atoms with Gasteiger partial charge in [0, 0.05) is 16.5 Å². The molecule has 0 N–H and O–H groups in total. The van der Waals surface area contributed by atoms with Gasteiger partial charge in [0.25, 0.3) is 0 Å². The molecule has 0 amide bonds. The highest BCUT2D eigenvalue weighted by atomic mass is 14.8. The number of pyridine rings is 2. The molecule has 2 heteroatoms. The van der Waals surface area contributed by atoms with Gasteiger partial charge in [-0.3, -0.25) is 9.97 Å². The zero-order valence-electron chi connectivity index (χ0n) is 16.6. The van der Waals surface area contributed by atoms with Gasteiger partial charge in [-0.05, 0) is 51.1 Å².